The Kier molecular flexibility index (Phi) is 3.83. The van der Waals surface area contributed by atoms with Gasteiger partial charge in [-0.15, -0.1) is 0 Å². The summed E-state index contributed by atoms with van der Waals surface area (Å²) >= 11 is 0. The number of rotatable bonds is 3. The van der Waals surface area contributed by atoms with Crippen molar-refractivity contribution in [2.45, 2.75) is 0 Å². The predicted octanol–water partition coefficient (Wildman–Crippen LogP) is 6.78. The van der Waals surface area contributed by atoms with Gasteiger partial charge in [-0.2, -0.15) is 0 Å². The summed E-state index contributed by atoms with van der Waals surface area (Å²) in [6.45, 7) is 0. The molecule has 0 spiro atoms. The summed E-state index contributed by atoms with van der Waals surface area (Å²) < 4.78 is 28.2. The Labute approximate surface area is 160 Å². The molecule has 0 bridgehead atoms. The molecule has 4 heteroatoms. The van der Waals surface area contributed by atoms with Crippen molar-refractivity contribution >= 4 is 10.9 Å². The highest BCUT2D eigenvalue weighted by atomic mass is 19.1. The van der Waals surface area contributed by atoms with Gasteiger partial charge in [-0.25, -0.2) is 8.78 Å². The van der Waals surface area contributed by atoms with Gasteiger partial charge in [0.25, 0.3) is 0 Å². The predicted molar refractivity (Wildman–Crippen MR) is 109 cm³/mol. The van der Waals surface area contributed by atoms with Crippen molar-refractivity contribution in [3.05, 3.63) is 96.7 Å². The molecule has 0 saturated carbocycles. The van der Waals surface area contributed by atoms with Crippen molar-refractivity contribution < 1.29 is 8.78 Å². The zero-order valence-corrected chi connectivity index (χ0v) is 14.8. The molecular formula is C24H16F2N2. The van der Waals surface area contributed by atoms with Crippen molar-refractivity contribution in [2.75, 3.05) is 0 Å². The lowest BCUT2D eigenvalue weighted by Crippen LogP contribution is -1.89. The van der Waals surface area contributed by atoms with E-state index in [9.17, 15) is 8.78 Å². The molecule has 0 amide bonds. The molecule has 0 aliphatic heterocycles. The van der Waals surface area contributed by atoms with Gasteiger partial charge >= 0.3 is 0 Å². The molecule has 2 heterocycles. The number of hydrogen-bond donors (Lipinski definition) is 2. The third kappa shape index (κ3) is 2.79. The molecule has 0 radical (unpaired) electrons. The Hall–Kier alpha value is -3.66. The molecule has 28 heavy (non-hydrogen) atoms. The minimum atomic E-state index is -0.578. The van der Waals surface area contributed by atoms with Gasteiger partial charge in [0, 0.05) is 22.8 Å². The van der Waals surface area contributed by atoms with Gasteiger partial charge in [-0.1, -0.05) is 30.3 Å². The van der Waals surface area contributed by atoms with E-state index in [1.165, 1.54) is 18.2 Å². The van der Waals surface area contributed by atoms with Crippen LogP contribution in [0, 0.1) is 11.6 Å². The molecule has 0 aliphatic carbocycles. The molecule has 5 rings (SSSR count). The Morgan fingerprint density at radius 3 is 2.14 bits per heavy atom. The fourth-order valence-corrected chi connectivity index (χ4v) is 3.58. The van der Waals surface area contributed by atoms with Crippen LogP contribution in [0.25, 0.3) is 44.5 Å². The number of halogens is 2. The number of aromatic nitrogens is 2. The van der Waals surface area contributed by atoms with Crippen LogP contribution >= 0.6 is 0 Å². The average Bonchev–Trinajstić information content (AvgIpc) is 3.37. The summed E-state index contributed by atoms with van der Waals surface area (Å²) in [5, 5.41) is 0.903. The first-order chi connectivity index (χ1) is 13.7. The van der Waals surface area contributed by atoms with Gasteiger partial charge in [-0.05, 0) is 65.2 Å². The summed E-state index contributed by atoms with van der Waals surface area (Å²) in [5.74, 6) is -1.16. The van der Waals surface area contributed by atoms with Crippen LogP contribution in [0.4, 0.5) is 8.78 Å². The Morgan fingerprint density at radius 2 is 1.36 bits per heavy atom. The average molecular weight is 370 g/mol. The molecule has 3 aromatic carbocycles. The molecule has 2 aromatic heterocycles. The van der Waals surface area contributed by atoms with Crippen LogP contribution in [0.3, 0.4) is 0 Å². The SMILES string of the molecule is Fc1cccc(F)c1-c1cc2cc(-c3cccc(-c4ccc[nH]4)c3)ccc2[nH]1. The van der Waals surface area contributed by atoms with Gasteiger partial charge in [-0.3, -0.25) is 0 Å². The molecule has 5 aromatic rings. The molecule has 0 fully saturated rings. The molecule has 136 valence electrons. The van der Waals surface area contributed by atoms with Gasteiger partial charge in [0.05, 0.1) is 11.3 Å². The number of H-pyrrole nitrogens is 2. The highest BCUT2D eigenvalue weighted by Gasteiger charge is 2.14. The first-order valence-electron chi connectivity index (χ1n) is 9.00. The number of aromatic amines is 2. The highest BCUT2D eigenvalue weighted by Crippen LogP contribution is 2.32. The maximum absolute atomic E-state index is 14.1. The Balaban J connectivity index is 1.59. The van der Waals surface area contributed by atoms with Crippen LogP contribution in [-0.2, 0) is 0 Å². The molecule has 2 N–H and O–H groups in total. The van der Waals surface area contributed by atoms with E-state index < -0.39 is 11.6 Å². The van der Waals surface area contributed by atoms with E-state index in [2.05, 4.69) is 28.2 Å². The van der Waals surface area contributed by atoms with Crippen LogP contribution < -0.4 is 0 Å². The van der Waals surface area contributed by atoms with E-state index in [0.29, 0.717) is 5.69 Å². The third-order valence-electron chi connectivity index (χ3n) is 4.96. The molecule has 0 unspecified atom stereocenters. The van der Waals surface area contributed by atoms with E-state index >= 15 is 0 Å². The summed E-state index contributed by atoms with van der Waals surface area (Å²) in [5.41, 5.74) is 5.51. The summed E-state index contributed by atoms with van der Waals surface area (Å²) in [4.78, 5) is 6.34. The molecule has 0 saturated heterocycles. The summed E-state index contributed by atoms with van der Waals surface area (Å²) in [6.07, 6.45) is 1.90. The van der Waals surface area contributed by atoms with E-state index in [1.54, 1.807) is 6.07 Å². The van der Waals surface area contributed by atoms with Crippen molar-refractivity contribution in [3.8, 4) is 33.6 Å². The number of hydrogen-bond acceptors (Lipinski definition) is 0. The van der Waals surface area contributed by atoms with Crippen molar-refractivity contribution in [3.63, 3.8) is 0 Å². The van der Waals surface area contributed by atoms with E-state index in [1.807, 2.05) is 42.6 Å². The van der Waals surface area contributed by atoms with Crippen LogP contribution in [0.5, 0.6) is 0 Å². The summed E-state index contributed by atoms with van der Waals surface area (Å²) in [6, 6.07) is 23.9. The van der Waals surface area contributed by atoms with Crippen LogP contribution in [0.15, 0.2) is 85.1 Å². The number of nitrogens with one attached hydrogen (secondary N) is 2. The second kappa shape index (κ2) is 6.50. The normalized spacial score (nSPS) is 11.2. The molecule has 0 atom stereocenters. The maximum atomic E-state index is 14.1. The Bertz CT molecular complexity index is 1260. The van der Waals surface area contributed by atoms with E-state index in [4.69, 9.17) is 0 Å². The fourth-order valence-electron chi connectivity index (χ4n) is 3.58. The first-order valence-corrected chi connectivity index (χ1v) is 9.00. The lowest BCUT2D eigenvalue weighted by atomic mass is 10.0. The van der Waals surface area contributed by atoms with Gasteiger partial charge < -0.3 is 9.97 Å². The standard InChI is InChI=1S/C24H16F2N2/c25-19-6-2-7-20(26)24(19)23-14-18-13-16(9-10-22(18)28-23)15-4-1-5-17(12-15)21-8-3-11-27-21/h1-14,27-28H. The molecule has 2 nitrogen and oxygen atoms in total. The monoisotopic (exact) mass is 370 g/mol. The molecule has 0 aliphatic rings. The van der Waals surface area contributed by atoms with Gasteiger partial charge in [0.15, 0.2) is 0 Å². The second-order valence-electron chi connectivity index (χ2n) is 6.75. The molecular weight excluding hydrogens is 354 g/mol. The Morgan fingerprint density at radius 1 is 0.607 bits per heavy atom. The largest absolute Gasteiger partial charge is 0.361 e. The fraction of sp³-hybridized carbons (Fsp3) is 0. The quantitative estimate of drug-likeness (QED) is 0.351. The third-order valence-corrected chi connectivity index (χ3v) is 4.96. The van der Waals surface area contributed by atoms with E-state index in [0.717, 1.165) is 33.3 Å². The zero-order chi connectivity index (χ0) is 19.1. The minimum Gasteiger partial charge on any atom is -0.361 e. The zero-order valence-electron chi connectivity index (χ0n) is 14.8. The summed E-state index contributed by atoms with van der Waals surface area (Å²) in [7, 11) is 0. The second-order valence-corrected chi connectivity index (χ2v) is 6.75. The lowest BCUT2D eigenvalue weighted by Gasteiger charge is -2.05. The minimum absolute atomic E-state index is 0.0333. The van der Waals surface area contributed by atoms with Crippen LogP contribution in [-0.4, -0.2) is 9.97 Å². The lowest BCUT2D eigenvalue weighted by molar-refractivity contribution is 0.589. The number of fused-ring (bicyclic) bond motifs is 1. The van der Waals surface area contributed by atoms with Crippen molar-refractivity contribution in [2.24, 2.45) is 0 Å². The number of benzene rings is 3. The van der Waals surface area contributed by atoms with E-state index in [-0.39, 0.29) is 5.56 Å². The maximum Gasteiger partial charge on any atom is 0.135 e. The first kappa shape index (κ1) is 16.5. The smallest absolute Gasteiger partial charge is 0.135 e. The van der Waals surface area contributed by atoms with Crippen LogP contribution in [0.2, 0.25) is 0 Å². The van der Waals surface area contributed by atoms with Crippen molar-refractivity contribution in [1.82, 2.24) is 9.97 Å². The van der Waals surface area contributed by atoms with Crippen molar-refractivity contribution in [1.29, 1.82) is 0 Å². The van der Waals surface area contributed by atoms with Gasteiger partial charge in [0.2, 0.25) is 0 Å². The topological polar surface area (TPSA) is 31.6 Å². The van der Waals surface area contributed by atoms with Crippen LogP contribution in [0.1, 0.15) is 0 Å². The van der Waals surface area contributed by atoms with Gasteiger partial charge in [0.1, 0.15) is 11.6 Å². The highest BCUT2D eigenvalue weighted by molar-refractivity contribution is 5.90.